The topological polar surface area (TPSA) is 61.6 Å². The number of Topliss-reactive ketones (excluding diaryl/α,β-unsaturated/α-hetero) is 1. The summed E-state index contributed by atoms with van der Waals surface area (Å²) in [5.74, 6) is 1.26. The van der Waals surface area contributed by atoms with Gasteiger partial charge in [-0.15, -0.1) is 11.8 Å². The second-order valence-electron chi connectivity index (χ2n) is 3.01. The molecule has 1 aliphatic heterocycles. The first-order valence-corrected chi connectivity index (χ1v) is 5.70. The van der Waals surface area contributed by atoms with Gasteiger partial charge in [-0.05, 0) is 18.4 Å². The molecule has 0 saturated carbocycles. The molecule has 0 fully saturated rings. The number of benzene rings is 1. The average Bonchev–Trinajstić information content (AvgIpc) is 2.74. The van der Waals surface area contributed by atoms with Crippen molar-refractivity contribution in [1.82, 2.24) is 0 Å². The number of hydrogen-bond donors (Lipinski definition) is 1. The number of fused-ring (bicyclic) bond motifs is 1. The summed E-state index contributed by atoms with van der Waals surface area (Å²) in [4.78, 5) is 12.4. The Labute approximate surface area is 91.7 Å². The lowest BCUT2D eigenvalue weighted by Crippen LogP contribution is -2.14. The molecule has 0 unspecified atom stereocenters. The van der Waals surface area contributed by atoms with Crippen molar-refractivity contribution in [3.05, 3.63) is 17.7 Å². The SMILES string of the molecule is CSc1c(C(=O)CN)ccc2c1OCO2. The molecule has 5 heteroatoms. The molecule has 2 N–H and O–H groups in total. The highest BCUT2D eigenvalue weighted by molar-refractivity contribution is 7.98. The number of nitrogens with two attached hydrogens (primary N) is 1. The number of thioether (sulfide) groups is 1. The zero-order valence-electron chi connectivity index (χ0n) is 8.28. The van der Waals surface area contributed by atoms with Crippen LogP contribution in [0.15, 0.2) is 17.0 Å². The summed E-state index contributed by atoms with van der Waals surface area (Å²) in [7, 11) is 0. The van der Waals surface area contributed by atoms with Gasteiger partial charge in [0, 0.05) is 5.56 Å². The Kier molecular flexibility index (Phi) is 2.83. The van der Waals surface area contributed by atoms with E-state index in [1.54, 1.807) is 12.1 Å². The van der Waals surface area contributed by atoms with E-state index in [4.69, 9.17) is 15.2 Å². The van der Waals surface area contributed by atoms with Gasteiger partial charge in [0.2, 0.25) is 6.79 Å². The highest BCUT2D eigenvalue weighted by Crippen LogP contribution is 2.42. The van der Waals surface area contributed by atoms with Crippen molar-refractivity contribution in [2.24, 2.45) is 5.73 Å². The molecule has 0 amide bonds. The van der Waals surface area contributed by atoms with Crippen LogP contribution >= 0.6 is 11.8 Å². The lowest BCUT2D eigenvalue weighted by Gasteiger charge is -2.08. The molecular weight excluding hydrogens is 214 g/mol. The van der Waals surface area contributed by atoms with E-state index in [1.807, 2.05) is 6.26 Å². The third-order valence-corrected chi connectivity index (χ3v) is 3.00. The molecule has 4 nitrogen and oxygen atoms in total. The molecule has 0 spiro atoms. The number of carbonyl (C=O) groups excluding carboxylic acids is 1. The van der Waals surface area contributed by atoms with Crippen molar-refractivity contribution in [3.8, 4) is 11.5 Å². The van der Waals surface area contributed by atoms with E-state index in [1.165, 1.54) is 11.8 Å². The average molecular weight is 225 g/mol. The normalized spacial score (nSPS) is 12.9. The van der Waals surface area contributed by atoms with Gasteiger partial charge in [0.25, 0.3) is 0 Å². The molecular formula is C10H11NO3S. The predicted molar refractivity (Wildman–Crippen MR) is 57.7 cm³/mol. The predicted octanol–water partition coefficient (Wildman–Crippen LogP) is 1.28. The van der Waals surface area contributed by atoms with E-state index in [0.29, 0.717) is 17.1 Å². The first-order valence-electron chi connectivity index (χ1n) is 4.47. The zero-order valence-corrected chi connectivity index (χ0v) is 9.10. The molecule has 0 aromatic heterocycles. The Morgan fingerprint density at radius 1 is 1.53 bits per heavy atom. The number of ether oxygens (including phenoxy) is 2. The van der Waals surface area contributed by atoms with Crippen LogP contribution < -0.4 is 15.2 Å². The van der Waals surface area contributed by atoms with Gasteiger partial charge in [-0.2, -0.15) is 0 Å². The first kappa shape index (κ1) is 10.3. The third kappa shape index (κ3) is 1.68. The van der Waals surface area contributed by atoms with Crippen LogP contribution in [0.2, 0.25) is 0 Å². The van der Waals surface area contributed by atoms with Gasteiger partial charge in [-0.1, -0.05) is 0 Å². The van der Waals surface area contributed by atoms with Gasteiger partial charge in [-0.25, -0.2) is 0 Å². The van der Waals surface area contributed by atoms with Gasteiger partial charge in [0.15, 0.2) is 17.3 Å². The summed E-state index contributed by atoms with van der Waals surface area (Å²) in [5, 5.41) is 0. The standard InChI is InChI=1S/C10H11NO3S/c1-15-10-6(7(12)4-11)2-3-8-9(10)14-5-13-8/h2-3H,4-5,11H2,1H3. The molecule has 15 heavy (non-hydrogen) atoms. The minimum Gasteiger partial charge on any atom is -0.454 e. The molecule has 0 radical (unpaired) electrons. The van der Waals surface area contributed by atoms with Crippen LogP contribution in [0.4, 0.5) is 0 Å². The molecule has 0 saturated heterocycles. The molecule has 1 heterocycles. The molecule has 0 aliphatic carbocycles. The lowest BCUT2D eigenvalue weighted by molar-refractivity contribution is 0.0997. The van der Waals surface area contributed by atoms with Gasteiger partial charge in [-0.3, -0.25) is 4.79 Å². The highest BCUT2D eigenvalue weighted by Gasteiger charge is 2.22. The lowest BCUT2D eigenvalue weighted by atomic mass is 10.1. The van der Waals surface area contributed by atoms with Crippen LogP contribution in [0.1, 0.15) is 10.4 Å². The molecule has 1 aromatic rings. The minimum atomic E-state index is -0.0855. The van der Waals surface area contributed by atoms with Crippen molar-refractivity contribution in [1.29, 1.82) is 0 Å². The summed E-state index contributed by atoms with van der Waals surface area (Å²) in [6.45, 7) is 0.219. The van der Waals surface area contributed by atoms with Gasteiger partial charge < -0.3 is 15.2 Å². The quantitative estimate of drug-likeness (QED) is 0.620. The number of rotatable bonds is 3. The smallest absolute Gasteiger partial charge is 0.231 e. The number of carbonyl (C=O) groups is 1. The maximum Gasteiger partial charge on any atom is 0.231 e. The second-order valence-corrected chi connectivity index (χ2v) is 3.82. The van der Waals surface area contributed by atoms with Gasteiger partial charge in [0.05, 0.1) is 11.4 Å². The maximum absolute atomic E-state index is 11.6. The van der Waals surface area contributed by atoms with Crippen molar-refractivity contribution in [2.75, 3.05) is 19.6 Å². The molecule has 0 bridgehead atoms. The molecule has 1 aromatic carbocycles. The second kappa shape index (κ2) is 4.12. The highest BCUT2D eigenvalue weighted by atomic mass is 32.2. The summed E-state index contributed by atoms with van der Waals surface area (Å²) >= 11 is 1.46. The zero-order chi connectivity index (χ0) is 10.8. The maximum atomic E-state index is 11.6. The van der Waals surface area contributed by atoms with Crippen molar-refractivity contribution >= 4 is 17.5 Å². The van der Waals surface area contributed by atoms with E-state index in [9.17, 15) is 4.79 Å². The van der Waals surface area contributed by atoms with Crippen molar-refractivity contribution < 1.29 is 14.3 Å². The fourth-order valence-electron chi connectivity index (χ4n) is 1.48. The monoisotopic (exact) mass is 225 g/mol. The van der Waals surface area contributed by atoms with Crippen LogP contribution in [0.3, 0.4) is 0 Å². The van der Waals surface area contributed by atoms with E-state index < -0.39 is 0 Å². The van der Waals surface area contributed by atoms with E-state index in [0.717, 1.165) is 4.90 Å². The van der Waals surface area contributed by atoms with E-state index in [2.05, 4.69) is 0 Å². The van der Waals surface area contributed by atoms with E-state index >= 15 is 0 Å². The van der Waals surface area contributed by atoms with Gasteiger partial charge in [0.1, 0.15) is 0 Å². The Balaban J connectivity index is 2.52. The van der Waals surface area contributed by atoms with Crippen molar-refractivity contribution in [2.45, 2.75) is 4.90 Å². The minimum absolute atomic E-state index is 0.00715. The fraction of sp³-hybridized carbons (Fsp3) is 0.300. The van der Waals surface area contributed by atoms with Crippen molar-refractivity contribution in [3.63, 3.8) is 0 Å². The molecule has 1 aliphatic rings. The van der Waals surface area contributed by atoms with E-state index in [-0.39, 0.29) is 19.1 Å². The Bertz CT molecular complexity index is 406. The summed E-state index contributed by atoms with van der Waals surface area (Å²) in [6, 6.07) is 3.47. The number of hydrogen-bond acceptors (Lipinski definition) is 5. The van der Waals surface area contributed by atoms with Crippen LogP contribution in [-0.4, -0.2) is 25.4 Å². The largest absolute Gasteiger partial charge is 0.454 e. The molecule has 2 rings (SSSR count). The Morgan fingerprint density at radius 3 is 3.00 bits per heavy atom. The Hall–Kier alpha value is -1.20. The molecule has 0 atom stereocenters. The third-order valence-electron chi connectivity index (χ3n) is 2.18. The van der Waals surface area contributed by atoms with Crippen LogP contribution in [-0.2, 0) is 0 Å². The Morgan fingerprint density at radius 2 is 2.33 bits per heavy atom. The molecule has 80 valence electrons. The van der Waals surface area contributed by atoms with Crippen LogP contribution in [0.5, 0.6) is 11.5 Å². The van der Waals surface area contributed by atoms with Crippen LogP contribution in [0, 0.1) is 0 Å². The fourth-order valence-corrected chi connectivity index (χ4v) is 2.23. The summed E-state index contributed by atoms with van der Waals surface area (Å²) in [6.07, 6.45) is 1.89. The van der Waals surface area contributed by atoms with Crippen LogP contribution in [0.25, 0.3) is 0 Å². The summed E-state index contributed by atoms with van der Waals surface area (Å²) < 4.78 is 10.6. The number of ketones is 1. The van der Waals surface area contributed by atoms with Gasteiger partial charge >= 0.3 is 0 Å². The summed E-state index contributed by atoms with van der Waals surface area (Å²) in [5.41, 5.74) is 5.95. The first-order chi connectivity index (χ1) is 7.27.